The fourth-order valence-corrected chi connectivity index (χ4v) is 2.71. The third kappa shape index (κ3) is 2.98. The molecule has 0 aromatic carbocycles. The molecule has 0 bridgehead atoms. The third-order valence-corrected chi connectivity index (χ3v) is 4.37. The van der Waals surface area contributed by atoms with Gasteiger partial charge in [-0.3, -0.25) is 4.79 Å². The van der Waals surface area contributed by atoms with E-state index in [4.69, 9.17) is 0 Å². The van der Waals surface area contributed by atoms with Crippen LogP contribution in [0.4, 0.5) is 0 Å². The molecule has 2 aromatic rings. The molecule has 1 atom stereocenters. The third-order valence-electron chi connectivity index (χ3n) is 3.16. The van der Waals surface area contributed by atoms with Gasteiger partial charge in [0.15, 0.2) is 0 Å². The quantitative estimate of drug-likeness (QED) is 0.862. The van der Waals surface area contributed by atoms with Crippen molar-refractivity contribution < 1.29 is 4.79 Å². The van der Waals surface area contributed by atoms with E-state index in [9.17, 15) is 4.79 Å². The van der Waals surface area contributed by atoms with Crippen LogP contribution in [0.3, 0.4) is 0 Å². The molecule has 1 unspecified atom stereocenters. The number of carbonyl (C=O) groups is 1. The zero-order valence-electron chi connectivity index (χ0n) is 11.3. The molecule has 0 N–H and O–H groups in total. The van der Waals surface area contributed by atoms with E-state index in [0.29, 0.717) is 0 Å². The predicted molar refractivity (Wildman–Crippen MR) is 76.2 cm³/mol. The van der Waals surface area contributed by atoms with Gasteiger partial charge in [-0.15, -0.1) is 11.3 Å². The minimum Gasteiger partial charge on any atom is -0.333 e. The van der Waals surface area contributed by atoms with Gasteiger partial charge in [-0.2, -0.15) is 0 Å². The summed E-state index contributed by atoms with van der Waals surface area (Å²) in [7, 11) is 1.81. The van der Waals surface area contributed by atoms with Gasteiger partial charge in [0.2, 0.25) is 0 Å². The normalized spacial score (nSPS) is 12.2. The minimum absolute atomic E-state index is 0.0378. The minimum atomic E-state index is -0.0670. The molecule has 2 rings (SSSR count). The number of aromatic nitrogens is 2. The van der Waals surface area contributed by atoms with Crippen molar-refractivity contribution in [2.45, 2.75) is 26.3 Å². The Bertz CT molecular complexity index is 553. The second-order valence-electron chi connectivity index (χ2n) is 4.35. The Labute approximate surface area is 117 Å². The second-order valence-corrected chi connectivity index (χ2v) is 5.51. The summed E-state index contributed by atoms with van der Waals surface area (Å²) < 4.78 is 0. The summed E-state index contributed by atoms with van der Waals surface area (Å²) in [5, 5.41) is 0. The first-order valence-corrected chi connectivity index (χ1v) is 7.07. The molecular formula is C14H17N3OS. The molecule has 0 fully saturated rings. The molecule has 0 spiro atoms. The highest BCUT2D eigenvalue weighted by molar-refractivity contribution is 7.14. The van der Waals surface area contributed by atoms with Crippen LogP contribution in [0.5, 0.6) is 0 Å². The standard InChI is InChI=1S/C14H17N3OS/c1-4-11-5-6-13(19-11)14(18)17(3)10(2)12-7-8-15-9-16-12/h5-10H,4H2,1-3H3. The number of hydrogen-bond acceptors (Lipinski definition) is 4. The smallest absolute Gasteiger partial charge is 0.264 e. The summed E-state index contributed by atoms with van der Waals surface area (Å²) in [4.78, 5) is 24.2. The van der Waals surface area contributed by atoms with Gasteiger partial charge in [0, 0.05) is 18.1 Å². The lowest BCUT2D eigenvalue weighted by atomic mass is 10.2. The Hall–Kier alpha value is -1.75. The summed E-state index contributed by atoms with van der Waals surface area (Å²) in [5.74, 6) is 0.0378. The number of hydrogen-bond donors (Lipinski definition) is 0. The topological polar surface area (TPSA) is 46.1 Å². The molecule has 100 valence electrons. The Kier molecular flexibility index (Phi) is 4.27. The molecule has 0 saturated heterocycles. The number of rotatable bonds is 4. The van der Waals surface area contributed by atoms with E-state index in [0.717, 1.165) is 17.0 Å². The van der Waals surface area contributed by atoms with Crippen LogP contribution in [0.15, 0.2) is 30.7 Å². The average molecular weight is 275 g/mol. The van der Waals surface area contributed by atoms with Gasteiger partial charge in [0.05, 0.1) is 16.6 Å². The first-order valence-electron chi connectivity index (χ1n) is 6.25. The lowest BCUT2D eigenvalue weighted by molar-refractivity contribution is 0.0744. The highest BCUT2D eigenvalue weighted by Crippen LogP contribution is 2.23. The summed E-state index contributed by atoms with van der Waals surface area (Å²) in [5.41, 5.74) is 0.845. The van der Waals surface area contributed by atoms with Crippen molar-refractivity contribution in [2.24, 2.45) is 0 Å². The van der Waals surface area contributed by atoms with Crippen molar-refractivity contribution in [3.05, 3.63) is 46.2 Å². The van der Waals surface area contributed by atoms with Crippen LogP contribution in [0.1, 0.15) is 40.1 Å². The highest BCUT2D eigenvalue weighted by Gasteiger charge is 2.20. The number of amides is 1. The van der Waals surface area contributed by atoms with E-state index < -0.39 is 0 Å². The Morgan fingerprint density at radius 1 is 1.42 bits per heavy atom. The van der Waals surface area contributed by atoms with Gasteiger partial charge in [-0.25, -0.2) is 9.97 Å². The van der Waals surface area contributed by atoms with Crippen molar-refractivity contribution in [3.8, 4) is 0 Å². The maximum atomic E-state index is 12.4. The lowest BCUT2D eigenvalue weighted by Crippen LogP contribution is -2.29. The van der Waals surface area contributed by atoms with Crippen LogP contribution in [-0.2, 0) is 6.42 Å². The van der Waals surface area contributed by atoms with Crippen LogP contribution in [0.25, 0.3) is 0 Å². The monoisotopic (exact) mass is 275 g/mol. The molecule has 1 amide bonds. The summed E-state index contributed by atoms with van der Waals surface area (Å²) in [6.07, 6.45) is 4.16. The molecule has 19 heavy (non-hydrogen) atoms. The van der Waals surface area contributed by atoms with Crippen LogP contribution in [-0.4, -0.2) is 27.8 Å². The molecular weight excluding hydrogens is 258 g/mol. The zero-order chi connectivity index (χ0) is 13.8. The van der Waals surface area contributed by atoms with E-state index >= 15 is 0 Å². The molecule has 2 aromatic heterocycles. The maximum Gasteiger partial charge on any atom is 0.264 e. The van der Waals surface area contributed by atoms with E-state index in [1.807, 2.05) is 25.1 Å². The Morgan fingerprint density at radius 2 is 2.21 bits per heavy atom. The van der Waals surface area contributed by atoms with E-state index in [1.165, 1.54) is 11.2 Å². The Morgan fingerprint density at radius 3 is 2.79 bits per heavy atom. The molecule has 2 heterocycles. The van der Waals surface area contributed by atoms with Gasteiger partial charge in [0.25, 0.3) is 5.91 Å². The van der Waals surface area contributed by atoms with Crippen molar-refractivity contribution in [3.63, 3.8) is 0 Å². The average Bonchev–Trinajstić information content (AvgIpc) is 2.94. The predicted octanol–water partition coefficient (Wildman–Crippen LogP) is 2.93. The van der Waals surface area contributed by atoms with Gasteiger partial charge in [-0.1, -0.05) is 6.92 Å². The SMILES string of the molecule is CCc1ccc(C(=O)N(C)C(C)c2ccncn2)s1. The number of thiophene rings is 1. The van der Waals surface area contributed by atoms with Gasteiger partial charge in [0.1, 0.15) is 6.33 Å². The largest absolute Gasteiger partial charge is 0.333 e. The van der Waals surface area contributed by atoms with Crippen LogP contribution >= 0.6 is 11.3 Å². The van der Waals surface area contributed by atoms with E-state index in [2.05, 4.69) is 16.9 Å². The van der Waals surface area contributed by atoms with Crippen LogP contribution < -0.4 is 0 Å². The number of nitrogens with zero attached hydrogens (tertiary/aromatic N) is 3. The molecule has 0 aliphatic rings. The van der Waals surface area contributed by atoms with Crippen LogP contribution in [0, 0.1) is 0 Å². The fraction of sp³-hybridized carbons (Fsp3) is 0.357. The Balaban J connectivity index is 2.15. The fourth-order valence-electron chi connectivity index (χ4n) is 1.78. The zero-order valence-corrected chi connectivity index (χ0v) is 12.1. The van der Waals surface area contributed by atoms with Crippen LogP contribution in [0.2, 0.25) is 0 Å². The molecule has 5 heteroatoms. The van der Waals surface area contributed by atoms with Crippen molar-refractivity contribution in [1.29, 1.82) is 0 Å². The highest BCUT2D eigenvalue weighted by atomic mass is 32.1. The van der Waals surface area contributed by atoms with Crippen molar-refractivity contribution in [2.75, 3.05) is 7.05 Å². The van der Waals surface area contributed by atoms with Gasteiger partial charge < -0.3 is 4.90 Å². The summed E-state index contributed by atoms with van der Waals surface area (Å²) >= 11 is 1.56. The summed E-state index contributed by atoms with van der Waals surface area (Å²) in [6.45, 7) is 4.06. The van der Waals surface area contributed by atoms with E-state index in [1.54, 1.807) is 29.5 Å². The number of carbonyl (C=O) groups excluding carboxylic acids is 1. The van der Waals surface area contributed by atoms with Gasteiger partial charge >= 0.3 is 0 Å². The molecule has 4 nitrogen and oxygen atoms in total. The molecule has 0 aliphatic carbocycles. The van der Waals surface area contributed by atoms with Gasteiger partial charge in [-0.05, 0) is 31.5 Å². The molecule has 0 aliphatic heterocycles. The lowest BCUT2D eigenvalue weighted by Gasteiger charge is -2.23. The van der Waals surface area contributed by atoms with Crippen molar-refractivity contribution in [1.82, 2.24) is 14.9 Å². The molecule has 0 saturated carbocycles. The summed E-state index contributed by atoms with van der Waals surface area (Å²) in [6, 6.07) is 5.68. The van der Waals surface area contributed by atoms with E-state index in [-0.39, 0.29) is 11.9 Å². The molecule has 0 radical (unpaired) electrons. The second kappa shape index (κ2) is 5.93. The first kappa shape index (κ1) is 13.7. The van der Waals surface area contributed by atoms with Crippen molar-refractivity contribution >= 4 is 17.2 Å². The maximum absolute atomic E-state index is 12.4. The number of aryl methyl sites for hydroxylation is 1. The first-order chi connectivity index (χ1) is 9.13.